The first kappa shape index (κ1) is 13.9. The van der Waals surface area contributed by atoms with Gasteiger partial charge in [0.15, 0.2) is 0 Å². The maximum absolute atomic E-state index is 6.33. The molecule has 0 aromatic heterocycles. The van der Waals surface area contributed by atoms with E-state index in [1.165, 1.54) is 5.69 Å². The van der Waals surface area contributed by atoms with Gasteiger partial charge >= 0.3 is 0 Å². The molecule has 0 aliphatic carbocycles. The van der Waals surface area contributed by atoms with E-state index >= 15 is 0 Å². The molecule has 0 amide bonds. The van der Waals surface area contributed by atoms with Crippen molar-refractivity contribution in [3.8, 4) is 0 Å². The molecule has 0 radical (unpaired) electrons. The maximum Gasteiger partial charge on any atom is 0.0471 e. The Morgan fingerprint density at radius 3 is 2.42 bits per heavy atom. The van der Waals surface area contributed by atoms with Crippen molar-refractivity contribution in [3.63, 3.8) is 0 Å². The number of nitrogens with zero attached hydrogens (tertiary/aromatic N) is 1. The van der Waals surface area contributed by atoms with Gasteiger partial charge in [-0.25, -0.2) is 0 Å². The van der Waals surface area contributed by atoms with E-state index in [9.17, 15) is 0 Å². The average molecular weight is 275 g/mol. The van der Waals surface area contributed by atoms with Gasteiger partial charge in [-0.15, -0.1) is 0 Å². The van der Waals surface area contributed by atoms with Gasteiger partial charge < -0.3 is 10.2 Å². The lowest BCUT2D eigenvalue weighted by molar-refractivity contribution is 0.813. The third kappa shape index (κ3) is 3.09. The molecule has 100 valence electrons. The number of benzene rings is 2. The third-order valence-electron chi connectivity index (χ3n) is 3.12. The quantitative estimate of drug-likeness (QED) is 0.878. The summed E-state index contributed by atoms with van der Waals surface area (Å²) < 4.78 is 0. The van der Waals surface area contributed by atoms with Crippen LogP contribution in [0.25, 0.3) is 0 Å². The first-order valence-corrected chi connectivity index (χ1v) is 6.90. The molecule has 3 heteroatoms. The predicted molar refractivity (Wildman–Crippen MR) is 83.3 cm³/mol. The Morgan fingerprint density at radius 1 is 1.05 bits per heavy atom. The first-order chi connectivity index (χ1) is 9.27. The number of halogens is 1. The Labute approximate surface area is 120 Å². The van der Waals surface area contributed by atoms with Crippen molar-refractivity contribution in [2.24, 2.45) is 0 Å². The molecule has 2 nitrogen and oxygen atoms in total. The highest BCUT2D eigenvalue weighted by molar-refractivity contribution is 6.31. The van der Waals surface area contributed by atoms with Crippen molar-refractivity contribution in [3.05, 3.63) is 59.1 Å². The van der Waals surface area contributed by atoms with E-state index in [4.69, 9.17) is 11.6 Å². The zero-order chi connectivity index (χ0) is 13.7. The van der Waals surface area contributed by atoms with E-state index in [2.05, 4.69) is 47.5 Å². The maximum atomic E-state index is 6.33. The first-order valence-electron chi connectivity index (χ1n) is 6.52. The summed E-state index contributed by atoms with van der Waals surface area (Å²) in [5.74, 6) is 0. The minimum atomic E-state index is 0.762. The molecule has 19 heavy (non-hydrogen) atoms. The SMILES string of the molecule is CCN(c1ccccc1)c1cccc(Cl)c1CNC. The number of anilines is 2. The molecule has 2 aromatic carbocycles. The molecule has 1 N–H and O–H groups in total. The lowest BCUT2D eigenvalue weighted by Crippen LogP contribution is -2.19. The van der Waals surface area contributed by atoms with Crippen LogP contribution in [0.5, 0.6) is 0 Å². The highest BCUT2D eigenvalue weighted by Gasteiger charge is 2.13. The Kier molecular flexibility index (Phi) is 4.83. The molecular weight excluding hydrogens is 256 g/mol. The minimum Gasteiger partial charge on any atom is -0.341 e. The molecule has 0 unspecified atom stereocenters. The van der Waals surface area contributed by atoms with Crippen LogP contribution in [0.2, 0.25) is 5.02 Å². The summed E-state index contributed by atoms with van der Waals surface area (Å²) in [4.78, 5) is 2.28. The van der Waals surface area contributed by atoms with Gasteiger partial charge in [-0.2, -0.15) is 0 Å². The molecule has 0 saturated heterocycles. The van der Waals surface area contributed by atoms with Crippen LogP contribution in [0.15, 0.2) is 48.5 Å². The second-order valence-electron chi connectivity index (χ2n) is 4.35. The fraction of sp³-hybridized carbons (Fsp3) is 0.250. The second-order valence-corrected chi connectivity index (χ2v) is 4.75. The molecular formula is C16H19ClN2. The predicted octanol–water partition coefficient (Wildman–Crippen LogP) is 4.22. The van der Waals surface area contributed by atoms with Crippen LogP contribution < -0.4 is 10.2 Å². The topological polar surface area (TPSA) is 15.3 Å². The zero-order valence-corrected chi connectivity index (χ0v) is 12.1. The standard InChI is InChI=1S/C16H19ClN2/c1-3-19(13-8-5-4-6-9-13)16-11-7-10-15(17)14(16)12-18-2/h4-11,18H,3,12H2,1-2H3. The van der Waals surface area contributed by atoms with E-state index in [0.717, 1.165) is 29.4 Å². The van der Waals surface area contributed by atoms with Crippen molar-refractivity contribution in [2.75, 3.05) is 18.5 Å². The van der Waals surface area contributed by atoms with Crippen molar-refractivity contribution >= 4 is 23.0 Å². The van der Waals surface area contributed by atoms with Crippen molar-refractivity contribution < 1.29 is 0 Å². The number of nitrogens with one attached hydrogen (secondary N) is 1. The molecule has 2 aromatic rings. The molecule has 0 heterocycles. The lowest BCUT2D eigenvalue weighted by atomic mass is 10.1. The smallest absolute Gasteiger partial charge is 0.0471 e. The van der Waals surface area contributed by atoms with Gasteiger partial charge in [0.05, 0.1) is 0 Å². The van der Waals surface area contributed by atoms with Gasteiger partial charge in [-0.05, 0) is 38.2 Å². The third-order valence-corrected chi connectivity index (χ3v) is 3.48. The van der Waals surface area contributed by atoms with Crippen LogP contribution in [0.4, 0.5) is 11.4 Å². The Bertz CT molecular complexity index is 526. The normalized spacial score (nSPS) is 10.5. The van der Waals surface area contributed by atoms with Crippen molar-refractivity contribution in [1.82, 2.24) is 5.32 Å². The summed E-state index contributed by atoms with van der Waals surface area (Å²) in [5.41, 5.74) is 3.48. The number of hydrogen-bond donors (Lipinski definition) is 1. The molecule has 0 fully saturated rings. The van der Waals surface area contributed by atoms with Gasteiger partial charge in [-0.3, -0.25) is 0 Å². The molecule has 0 spiro atoms. The summed E-state index contributed by atoms with van der Waals surface area (Å²) >= 11 is 6.33. The van der Waals surface area contributed by atoms with Crippen LogP contribution >= 0.6 is 11.6 Å². The van der Waals surface area contributed by atoms with Crippen LogP contribution in [0.1, 0.15) is 12.5 Å². The molecule has 2 rings (SSSR count). The largest absolute Gasteiger partial charge is 0.341 e. The zero-order valence-electron chi connectivity index (χ0n) is 11.4. The van der Waals surface area contributed by atoms with Crippen LogP contribution in [0.3, 0.4) is 0 Å². The summed E-state index contributed by atoms with van der Waals surface area (Å²) in [5, 5.41) is 3.99. The van der Waals surface area contributed by atoms with Gasteiger partial charge in [-0.1, -0.05) is 35.9 Å². The van der Waals surface area contributed by atoms with Crippen LogP contribution in [-0.2, 0) is 6.54 Å². The van der Waals surface area contributed by atoms with Gasteiger partial charge in [0.2, 0.25) is 0 Å². The number of rotatable bonds is 5. The summed E-state index contributed by atoms with van der Waals surface area (Å²) in [6.07, 6.45) is 0. The van der Waals surface area contributed by atoms with E-state index in [1.54, 1.807) is 0 Å². The summed E-state index contributed by atoms with van der Waals surface area (Å²) in [6, 6.07) is 16.4. The highest BCUT2D eigenvalue weighted by Crippen LogP contribution is 2.32. The fourth-order valence-electron chi connectivity index (χ4n) is 2.25. The van der Waals surface area contributed by atoms with Crippen molar-refractivity contribution in [1.29, 1.82) is 0 Å². The second kappa shape index (κ2) is 6.60. The van der Waals surface area contributed by atoms with E-state index in [-0.39, 0.29) is 0 Å². The molecule has 0 aliphatic heterocycles. The summed E-state index contributed by atoms with van der Waals surface area (Å²) in [7, 11) is 1.94. The molecule has 0 saturated carbocycles. The van der Waals surface area contributed by atoms with E-state index in [1.807, 2.05) is 25.2 Å². The Hall–Kier alpha value is -1.51. The average Bonchev–Trinajstić information content (AvgIpc) is 2.44. The number of para-hydroxylation sites is 1. The van der Waals surface area contributed by atoms with E-state index in [0.29, 0.717) is 0 Å². The fourth-order valence-corrected chi connectivity index (χ4v) is 2.49. The van der Waals surface area contributed by atoms with Gasteiger partial charge in [0.1, 0.15) is 0 Å². The lowest BCUT2D eigenvalue weighted by Gasteiger charge is -2.26. The Morgan fingerprint density at radius 2 is 1.79 bits per heavy atom. The van der Waals surface area contributed by atoms with Crippen LogP contribution in [0, 0.1) is 0 Å². The van der Waals surface area contributed by atoms with Gasteiger partial charge in [0, 0.05) is 35.1 Å². The minimum absolute atomic E-state index is 0.762. The monoisotopic (exact) mass is 274 g/mol. The van der Waals surface area contributed by atoms with Crippen LogP contribution in [-0.4, -0.2) is 13.6 Å². The van der Waals surface area contributed by atoms with E-state index < -0.39 is 0 Å². The molecule has 0 bridgehead atoms. The molecule has 0 aliphatic rings. The van der Waals surface area contributed by atoms with Crippen molar-refractivity contribution in [2.45, 2.75) is 13.5 Å². The highest BCUT2D eigenvalue weighted by atomic mass is 35.5. The summed E-state index contributed by atoms with van der Waals surface area (Å²) in [6.45, 7) is 3.82. The van der Waals surface area contributed by atoms with Gasteiger partial charge in [0.25, 0.3) is 0 Å². The Balaban J connectivity index is 2.47. The number of hydrogen-bond acceptors (Lipinski definition) is 2. The molecule has 0 atom stereocenters.